The number of methoxy groups -OCH3 is 1. The van der Waals surface area contributed by atoms with E-state index in [4.69, 9.17) is 9.47 Å². The van der Waals surface area contributed by atoms with Crippen LogP contribution >= 0.6 is 0 Å². The van der Waals surface area contributed by atoms with Crippen molar-refractivity contribution in [2.24, 2.45) is 5.92 Å². The number of rotatable bonds is 6. The van der Waals surface area contributed by atoms with Gasteiger partial charge in [-0.05, 0) is 52.0 Å². The lowest BCUT2D eigenvalue weighted by atomic mass is 9.99. The van der Waals surface area contributed by atoms with Gasteiger partial charge < -0.3 is 19.7 Å². The Labute approximate surface area is 173 Å². The average molecular weight is 404 g/mol. The maximum atomic E-state index is 12.8. The van der Waals surface area contributed by atoms with Crippen molar-refractivity contribution in [3.63, 3.8) is 0 Å². The molecule has 0 aliphatic carbocycles. The van der Waals surface area contributed by atoms with Crippen molar-refractivity contribution in [3.8, 4) is 5.75 Å². The van der Waals surface area contributed by atoms with Crippen LogP contribution in [-0.2, 0) is 14.3 Å². The minimum atomic E-state index is -0.331. The lowest BCUT2D eigenvalue weighted by molar-refractivity contribution is -0.127. The van der Waals surface area contributed by atoms with Crippen LogP contribution in [0.5, 0.6) is 5.75 Å². The molecule has 2 amide bonds. The Hall–Kier alpha value is -2.12. The third kappa shape index (κ3) is 5.08. The first kappa shape index (κ1) is 21.6. The third-order valence-electron chi connectivity index (χ3n) is 5.85. The molecule has 2 saturated heterocycles. The summed E-state index contributed by atoms with van der Waals surface area (Å²) in [5, 5.41) is 3.08. The van der Waals surface area contributed by atoms with Gasteiger partial charge in [-0.3, -0.25) is 14.5 Å². The highest BCUT2D eigenvalue weighted by molar-refractivity contribution is 6.00. The van der Waals surface area contributed by atoms with Crippen LogP contribution in [0.25, 0.3) is 0 Å². The first-order valence-electron chi connectivity index (χ1n) is 10.3. The molecule has 2 aliphatic rings. The topological polar surface area (TPSA) is 71.1 Å². The molecule has 0 unspecified atom stereocenters. The van der Waals surface area contributed by atoms with Crippen LogP contribution < -0.4 is 15.0 Å². The highest BCUT2D eigenvalue weighted by Gasteiger charge is 2.37. The Bertz CT molecular complexity index is 724. The second-order valence-electron chi connectivity index (χ2n) is 8.80. The standard InChI is InChI=1S/C22H33N3O4/c1-15-11-24(12-16(2)29-15)22(3,4)14-23-21(27)17-10-20(26)25(13-17)18-6-8-19(28-5)9-7-18/h6-9,15-17H,10-14H2,1-5H3,(H,23,27)/t15-,16-,17-/m1/s1. The fourth-order valence-corrected chi connectivity index (χ4v) is 4.13. The molecule has 1 aromatic carbocycles. The predicted octanol–water partition coefficient (Wildman–Crippen LogP) is 2.05. The van der Waals surface area contributed by atoms with E-state index in [9.17, 15) is 9.59 Å². The second kappa shape index (κ2) is 8.71. The Kier molecular flexibility index (Phi) is 6.49. The molecule has 29 heavy (non-hydrogen) atoms. The van der Waals surface area contributed by atoms with Crippen LogP contribution in [0.1, 0.15) is 34.1 Å². The summed E-state index contributed by atoms with van der Waals surface area (Å²) in [7, 11) is 1.61. The molecular formula is C22H33N3O4. The van der Waals surface area contributed by atoms with Crippen molar-refractivity contribution >= 4 is 17.5 Å². The van der Waals surface area contributed by atoms with E-state index in [2.05, 4.69) is 37.9 Å². The lowest BCUT2D eigenvalue weighted by Gasteiger charge is -2.45. The molecule has 0 aromatic heterocycles. The summed E-state index contributed by atoms with van der Waals surface area (Å²) >= 11 is 0. The van der Waals surface area contributed by atoms with Crippen LogP contribution in [0.3, 0.4) is 0 Å². The Balaban J connectivity index is 1.56. The van der Waals surface area contributed by atoms with E-state index >= 15 is 0 Å². The number of nitrogens with one attached hydrogen (secondary N) is 1. The van der Waals surface area contributed by atoms with Crippen molar-refractivity contribution in [2.75, 3.05) is 38.2 Å². The number of hydrogen-bond donors (Lipinski definition) is 1. The SMILES string of the molecule is COc1ccc(N2C[C@H](C(=O)NCC(C)(C)N3C[C@@H](C)O[C@H](C)C3)CC2=O)cc1. The number of ether oxygens (including phenoxy) is 2. The van der Waals surface area contributed by atoms with E-state index in [1.165, 1.54) is 0 Å². The molecule has 2 fully saturated rings. The zero-order chi connectivity index (χ0) is 21.2. The van der Waals surface area contributed by atoms with Crippen molar-refractivity contribution < 1.29 is 19.1 Å². The molecule has 160 valence electrons. The molecular weight excluding hydrogens is 370 g/mol. The molecule has 0 radical (unpaired) electrons. The summed E-state index contributed by atoms with van der Waals surface area (Å²) in [5.41, 5.74) is 0.614. The molecule has 0 bridgehead atoms. The van der Waals surface area contributed by atoms with Gasteiger partial charge in [0.05, 0.1) is 25.2 Å². The van der Waals surface area contributed by atoms with E-state index in [-0.39, 0.29) is 41.9 Å². The highest BCUT2D eigenvalue weighted by atomic mass is 16.5. The summed E-state index contributed by atoms with van der Waals surface area (Å²) in [5.74, 6) is 0.328. The molecule has 1 aromatic rings. The maximum Gasteiger partial charge on any atom is 0.227 e. The van der Waals surface area contributed by atoms with Crippen LogP contribution in [0, 0.1) is 5.92 Å². The maximum absolute atomic E-state index is 12.8. The minimum Gasteiger partial charge on any atom is -0.497 e. The van der Waals surface area contributed by atoms with E-state index < -0.39 is 0 Å². The van der Waals surface area contributed by atoms with Gasteiger partial charge in [0.25, 0.3) is 0 Å². The molecule has 2 aliphatic heterocycles. The zero-order valence-corrected chi connectivity index (χ0v) is 18.1. The Morgan fingerprint density at radius 3 is 2.38 bits per heavy atom. The molecule has 7 nitrogen and oxygen atoms in total. The van der Waals surface area contributed by atoms with E-state index in [1.54, 1.807) is 12.0 Å². The minimum absolute atomic E-state index is 0.0228. The zero-order valence-electron chi connectivity index (χ0n) is 18.1. The fraction of sp³-hybridized carbons (Fsp3) is 0.636. The van der Waals surface area contributed by atoms with Gasteiger partial charge in [-0.2, -0.15) is 0 Å². The largest absolute Gasteiger partial charge is 0.497 e. The molecule has 3 atom stereocenters. The quantitative estimate of drug-likeness (QED) is 0.787. The molecule has 2 heterocycles. The van der Waals surface area contributed by atoms with Crippen molar-refractivity contribution in [1.29, 1.82) is 0 Å². The molecule has 3 rings (SSSR count). The molecule has 0 spiro atoms. The van der Waals surface area contributed by atoms with Crippen LogP contribution in [0.15, 0.2) is 24.3 Å². The monoisotopic (exact) mass is 403 g/mol. The summed E-state index contributed by atoms with van der Waals surface area (Å²) in [6.45, 7) is 11.1. The van der Waals surface area contributed by atoms with Crippen molar-refractivity contribution in [1.82, 2.24) is 10.2 Å². The van der Waals surface area contributed by atoms with Gasteiger partial charge in [0.1, 0.15) is 5.75 Å². The van der Waals surface area contributed by atoms with Gasteiger partial charge in [-0.25, -0.2) is 0 Å². The van der Waals surface area contributed by atoms with Gasteiger partial charge in [0.2, 0.25) is 11.8 Å². The second-order valence-corrected chi connectivity index (χ2v) is 8.80. The highest BCUT2D eigenvalue weighted by Crippen LogP contribution is 2.27. The van der Waals surface area contributed by atoms with E-state index in [1.807, 2.05) is 24.3 Å². The number of morpholine rings is 1. The van der Waals surface area contributed by atoms with Gasteiger partial charge in [0, 0.05) is 43.8 Å². The Morgan fingerprint density at radius 1 is 1.17 bits per heavy atom. The van der Waals surface area contributed by atoms with Gasteiger partial charge >= 0.3 is 0 Å². The van der Waals surface area contributed by atoms with Crippen molar-refractivity contribution in [2.45, 2.75) is 51.9 Å². The normalized spacial score (nSPS) is 25.9. The molecule has 1 N–H and O–H groups in total. The first-order valence-corrected chi connectivity index (χ1v) is 10.3. The summed E-state index contributed by atoms with van der Waals surface area (Å²) in [6, 6.07) is 7.34. The van der Waals surface area contributed by atoms with Crippen molar-refractivity contribution in [3.05, 3.63) is 24.3 Å². The number of amides is 2. The first-order chi connectivity index (χ1) is 13.7. The number of carbonyl (C=O) groups excluding carboxylic acids is 2. The molecule has 7 heteroatoms. The average Bonchev–Trinajstić information content (AvgIpc) is 3.07. The number of hydrogen-bond acceptors (Lipinski definition) is 5. The predicted molar refractivity (Wildman–Crippen MR) is 112 cm³/mol. The number of benzene rings is 1. The fourth-order valence-electron chi connectivity index (χ4n) is 4.13. The van der Waals surface area contributed by atoms with Gasteiger partial charge in [0.15, 0.2) is 0 Å². The van der Waals surface area contributed by atoms with E-state index in [0.29, 0.717) is 13.1 Å². The summed E-state index contributed by atoms with van der Waals surface area (Å²) < 4.78 is 11.0. The van der Waals surface area contributed by atoms with E-state index in [0.717, 1.165) is 24.5 Å². The number of anilines is 1. The van der Waals surface area contributed by atoms with Crippen LogP contribution in [0.4, 0.5) is 5.69 Å². The Morgan fingerprint density at radius 2 is 1.79 bits per heavy atom. The lowest BCUT2D eigenvalue weighted by Crippen LogP contribution is -2.59. The smallest absolute Gasteiger partial charge is 0.227 e. The molecule has 0 saturated carbocycles. The van der Waals surface area contributed by atoms with Crippen LogP contribution in [-0.4, -0.2) is 67.7 Å². The third-order valence-corrected chi connectivity index (χ3v) is 5.85. The number of carbonyl (C=O) groups is 2. The number of nitrogens with zero attached hydrogens (tertiary/aromatic N) is 2. The van der Waals surface area contributed by atoms with Gasteiger partial charge in [-0.15, -0.1) is 0 Å². The summed E-state index contributed by atoms with van der Waals surface area (Å²) in [4.78, 5) is 29.3. The summed E-state index contributed by atoms with van der Waals surface area (Å²) in [6.07, 6.45) is 0.600. The van der Waals surface area contributed by atoms with Crippen LogP contribution in [0.2, 0.25) is 0 Å². The van der Waals surface area contributed by atoms with Gasteiger partial charge in [-0.1, -0.05) is 0 Å².